The fourth-order valence-electron chi connectivity index (χ4n) is 3.08. The van der Waals surface area contributed by atoms with Gasteiger partial charge < -0.3 is 14.6 Å². The fourth-order valence-corrected chi connectivity index (χ4v) is 3.08. The number of benzene rings is 2. The predicted molar refractivity (Wildman–Crippen MR) is 107 cm³/mol. The maximum Gasteiger partial charge on any atom is 0.259 e. The van der Waals surface area contributed by atoms with E-state index in [1.165, 1.54) is 6.07 Å². The van der Waals surface area contributed by atoms with Crippen LogP contribution in [0.2, 0.25) is 0 Å². The van der Waals surface area contributed by atoms with Crippen molar-refractivity contribution in [2.45, 2.75) is 13.8 Å². The average molecular weight is 391 g/mol. The van der Waals surface area contributed by atoms with Crippen molar-refractivity contribution in [3.8, 4) is 17.0 Å². The van der Waals surface area contributed by atoms with Crippen LogP contribution in [-0.2, 0) is 0 Å². The number of fused-ring (bicyclic) bond motifs is 1. The lowest BCUT2D eigenvalue weighted by Gasteiger charge is -2.09. The second-order valence-electron chi connectivity index (χ2n) is 6.39. The Hall–Kier alpha value is -3.74. The van der Waals surface area contributed by atoms with Crippen molar-refractivity contribution in [3.05, 3.63) is 71.7 Å². The van der Waals surface area contributed by atoms with E-state index in [1.54, 1.807) is 55.5 Å². The molecule has 1 N–H and O–H groups in total. The molecule has 0 bridgehead atoms. The number of carbonyl (C=O) groups excluding carboxylic acids is 1. The standard InChI is InChI=1S/C22H18FN3O3/c1-3-28-15-10-8-14(9-11-15)24-21(27)17-12-19(16-6-4-5-7-18(16)23)25-22-20(17)13(2)26-29-22/h4-12H,3H2,1-2H3,(H,24,27). The summed E-state index contributed by atoms with van der Waals surface area (Å²) in [6, 6.07) is 14.8. The van der Waals surface area contributed by atoms with Crippen LogP contribution in [0, 0.1) is 12.7 Å². The van der Waals surface area contributed by atoms with Gasteiger partial charge in [-0.1, -0.05) is 17.3 Å². The molecule has 0 aliphatic heterocycles. The van der Waals surface area contributed by atoms with Gasteiger partial charge in [-0.25, -0.2) is 9.37 Å². The summed E-state index contributed by atoms with van der Waals surface area (Å²) < 4.78 is 24.9. The van der Waals surface area contributed by atoms with Crippen molar-refractivity contribution in [1.82, 2.24) is 10.1 Å². The zero-order chi connectivity index (χ0) is 20.4. The molecule has 2 aromatic heterocycles. The molecule has 2 aromatic carbocycles. The molecule has 4 aromatic rings. The van der Waals surface area contributed by atoms with Gasteiger partial charge in [-0.05, 0) is 56.3 Å². The highest BCUT2D eigenvalue weighted by Crippen LogP contribution is 2.29. The summed E-state index contributed by atoms with van der Waals surface area (Å²) in [6.07, 6.45) is 0. The molecule has 0 unspecified atom stereocenters. The number of nitrogens with zero attached hydrogens (tertiary/aromatic N) is 2. The molecule has 0 fully saturated rings. The smallest absolute Gasteiger partial charge is 0.259 e. The van der Waals surface area contributed by atoms with Gasteiger partial charge in [0, 0.05) is 11.3 Å². The Kier molecular flexibility index (Phi) is 4.95. The van der Waals surface area contributed by atoms with Crippen LogP contribution >= 0.6 is 0 Å². The van der Waals surface area contributed by atoms with Crippen molar-refractivity contribution in [2.75, 3.05) is 11.9 Å². The minimum Gasteiger partial charge on any atom is -0.494 e. The van der Waals surface area contributed by atoms with Gasteiger partial charge in [-0.2, -0.15) is 0 Å². The molecular weight excluding hydrogens is 373 g/mol. The normalized spacial score (nSPS) is 10.9. The lowest BCUT2D eigenvalue weighted by atomic mass is 10.0. The van der Waals surface area contributed by atoms with E-state index < -0.39 is 5.82 Å². The van der Waals surface area contributed by atoms with Crippen LogP contribution in [0.1, 0.15) is 23.0 Å². The van der Waals surface area contributed by atoms with E-state index in [2.05, 4.69) is 15.5 Å². The largest absolute Gasteiger partial charge is 0.494 e. The number of anilines is 1. The Morgan fingerprint density at radius 3 is 2.66 bits per heavy atom. The van der Waals surface area contributed by atoms with Gasteiger partial charge in [0.2, 0.25) is 0 Å². The number of aromatic nitrogens is 2. The van der Waals surface area contributed by atoms with Crippen LogP contribution in [0.15, 0.2) is 59.1 Å². The molecule has 0 saturated carbocycles. The van der Waals surface area contributed by atoms with Gasteiger partial charge in [0.15, 0.2) is 0 Å². The summed E-state index contributed by atoms with van der Waals surface area (Å²) >= 11 is 0. The van der Waals surface area contributed by atoms with E-state index in [0.717, 1.165) is 0 Å². The summed E-state index contributed by atoms with van der Waals surface area (Å²) in [5, 5.41) is 7.25. The first-order valence-electron chi connectivity index (χ1n) is 9.13. The highest BCUT2D eigenvalue weighted by Gasteiger charge is 2.20. The number of halogens is 1. The molecule has 2 heterocycles. The van der Waals surface area contributed by atoms with E-state index in [4.69, 9.17) is 9.26 Å². The van der Waals surface area contributed by atoms with Crippen molar-refractivity contribution in [1.29, 1.82) is 0 Å². The second kappa shape index (κ2) is 7.71. The SMILES string of the molecule is CCOc1ccc(NC(=O)c2cc(-c3ccccc3F)nc3onc(C)c23)cc1. The molecule has 29 heavy (non-hydrogen) atoms. The zero-order valence-electron chi connectivity index (χ0n) is 15.9. The van der Waals surface area contributed by atoms with Crippen molar-refractivity contribution < 1.29 is 18.4 Å². The van der Waals surface area contributed by atoms with Gasteiger partial charge in [0.05, 0.1) is 28.9 Å². The van der Waals surface area contributed by atoms with E-state index in [9.17, 15) is 9.18 Å². The Morgan fingerprint density at radius 1 is 1.17 bits per heavy atom. The lowest BCUT2D eigenvalue weighted by molar-refractivity contribution is 0.102. The first-order valence-corrected chi connectivity index (χ1v) is 9.13. The van der Waals surface area contributed by atoms with Crippen LogP contribution in [0.5, 0.6) is 5.75 Å². The third-order valence-corrected chi connectivity index (χ3v) is 4.43. The molecule has 0 atom stereocenters. The number of aryl methyl sites for hydroxylation is 1. The summed E-state index contributed by atoms with van der Waals surface area (Å²) in [4.78, 5) is 17.4. The molecular formula is C22H18FN3O3. The molecule has 1 amide bonds. The van der Waals surface area contributed by atoms with Gasteiger partial charge >= 0.3 is 0 Å². The van der Waals surface area contributed by atoms with E-state index >= 15 is 0 Å². The quantitative estimate of drug-likeness (QED) is 0.519. The summed E-state index contributed by atoms with van der Waals surface area (Å²) in [6.45, 7) is 4.19. The van der Waals surface area contributed by atoms with Gasteiger partial charge in [0.25, 0.3) is 11.6 Å². The topological polar surface area (TPSA) is 77.2 Å². The monoisotopic (exact) mass is 391 g/mol. The van der Waals surface area contributed by atoms with Gasteiger partial charge in [0.1, 0.15) is 11.6 Å². The van der Waals surface area contributed by atoms with Crippen LogP contribution in [-0.4, -0.2) is 22.7 Å². The third kappa shape index (κ3) is 3.67. The van der Waals surface area contributed by atoms with Crippen LogP contribution in [0.25, 0.3) is 22.4 Å². The molecule has 0 saturated heterocycles. The zero-order valence-corrected chi connectivity index (χ0v) is 15.9. The van der Waals surface area contributed by atoms with Crippen molar-refractivity contribution in [3.63, 3.8) is 0 Å². The number of ether oxygens (including phenoxy) is 1. The van der Waals surface area contributed by atoms with Crippen molar-refractivity contribution >= 4 is 22.7 Å². The van der Waals surface area contributed by atoms with Gasteiger partial charge in [-0.15, -0.1) is 0 Å². The lowest BCUT2D eigenvalue weighted by Crippen LogP contribution is -2.13. The summed E-state index contributed by atoms with van der Waals surface area (Å²) in [5.41, 5.74) is 2.19. The van der Waals surface area contributed by atoms with Crippen LogP contribution < -0.4 is 10.1 Å². The molecule has 0 aliphatic rings. The number of nitrogens with one attached hydrogen (secondary N) is 1. The maximum absolute atomic E-state index is 14.3. The predicted octanol–water partition coefficient (Wildman–Crippen LogP) is 4.99. The number of carbonyl (C=O) groups is 1. The Balaban J connectivity index is 1.74. The number of rotatable bonds is 5. The Morgan fingerprint density at radius 2 is 1.93 bits per heavy atom. The highest BCUT2D eigenvalue weighted by atomic mass is 19.1. The van der Waals surface area contributed by atoms with E-state index in [1.807, 2.05) is 6.92 Å². The van der Waals surface area contributed by atoms with Crippen molar-refractivity contribution in [2.24, 2.45) is 0 Å². The fraction of sp³-hybridized carbons (Fsp3) is 0.136. The Bertz CT molecular complexity index is 1190. The number of amides is 1. The van der Waals surface area contributed by atoms with Crippen LogP contribution in [0.3, 0.4) is 0 Å². The molecule has 0 radical (unpaired) electrons. The molecule has 146 valence electrons. The van der Waals surface area contributed by atoms with E-state index in [-0.39, 0.29) is 17.2 Å². The average Bonchev–Trinajstić information content (AvgIpc) is 3.10. The minimum absolute atomic E-state index is 0.181. The van der Waals surface area contributed by atoms with E-state index in [0.29, 0.717) is 40.4 Å². The summed E-state index contributed by atoms with van der Waals surface area (Å²) in [5.74, 6) is -0.0903. The minimum atomic E-state index is -0.437. The number of pyridine rings is 1. The Labute approximate surface area is 166 Å². The molecule has 0 aliphatic carbocycles. The number of hydrogen-bond donors (Lipinski definition) is 1. The molecule has 4 rings (SSSR count). The first-order chi connectivity index (χ1) is 14.1. The van der Waals surface area contributed by atoms with Gasteiger partial charge in [-0.3, -0.25) is 4.79 Å². The second-order valence-corrected chi connectivity index (χ2v) is 6.39. The highest BCUT2D eigenvalue weighted by molar-refractivity contribution is 6.13. The molecule has 6 nitrogen and oxygen atoms in total. The van der Waals surface area contributed by atoms with Crippen LogP contribution in [0.4, 0.5) is 10.1 Å². The third-order valence-electron chi connectivity index (χ3n) is 4.43. The molecule has 0 spiro atoms. The molecule has 7 heteroatoms. The summed E-state index contributed by atoms with van der Waals surface area (Å²) in [7, 11) is 0. The maximum atomic E-state index is 14.3. The number of hydrogen-bond acceptors (Lipinski definition) is 5. The first kappa shape index (κ1) is 18.6.